The molecule has 2 unspecified atom stereocenters. The molecular formula is C46H63Cl2O2Si3Zr. The van der Waals surface area contributed by atoms with E-state index in [0.29, 0.717) is 0 Å². The summed E-state index contributed by atoms with van der Waals surface area (Å²) in [6, 6.07) is 19.2. The topological polar surface area (TPSA) is 18.5 Å². The van der Waals surface area contributed by atoms with Crippen molar-refractivity contribution in [2.24, 2.45) is 0 Å². The van der Waals surface area contributed by atoms with Crippen LogP contribution in [-0.4, -0.2) is 22.6 Å². The van der Waals surface area contributed by atoms with Crippen LogP contribution in [0, 0.1) is 0 Å². The minimum atomic E-state index is -2.64. The molecule has 289 valence electrons. The van der Waals surface area contributed by atoms with Crippen LogP contribution in [0.3, 0.4) is 0 Å². The fraction of sp³-hybridized carbons (Fsp3) is 0.565. The van der Waals surface area contributed by atoms with Crippen LogP contribution in [0.25, 0.3) is 0 Å². The van der Waals surface area contributed by atoms with Crippen LogP contribution in [0.1, 0.15) is 139 Å². The predicted octanol–water partition coefficient (Wildman–Crippen LogP) is 13.3. The van der Waals surface area contributed by atoms with Crippen LogP contribution in [0.2, 0.25) is 37.3 Å². The number of halogens is 2. The maximum atomic E-state index is 7.25. The molecular weight excluding hydrogens is 831 g/mol. The summed E-state index contributed by atoms with van der Waals surface area (Å²) in [5.74, 6) is 1.34. The molecule has 0 aliphatic heterocycles. The monoisotopic (exact) mass is 891 g/mol. The quantitative estimate of drug-likeness (QED) is 0.209. The van der Waals surface area contributed by atoms with E-state index in [0.717, 1.165) is 11.1 Å². The van der Waals surface area contributed by atoms with Gasteiger partial charge in [-0.25, -0.2) is 0 Å². The molecule has 0 aromatic heterocycles. The molecule has 8 rings (SSSR count). The van der Waals surface area contributed by atoms with Gasteiger partial charge in [-0.2, -0.15) is 0 Å². The van der Waals surface area contributed by atoms with Crippen molar-refractivity contribution in [3.63, 3.8) is 0 Å². The van der Waals surface area contributed by atoms with E-state index in [4.69, 9.17) is 25.9 Å². The molecule has 0 bridgehead atoms. The Morgan fingerprint density at radius 3 is 1.26 bits per heavy atom. The second kappa shape index (κ2) is 17.1. The van der Waals surface area contributed by atoms with Crippen LogP contribution < -0.4 is 10.4 Å². The maximum absolute atomic E-state index is 7.25. The molecule has 2 fully saturated rings. The Bertz CT molecular complexity index is 1650. The van der Waals surface area contributed by atoms with Crippen molar-refractivity contribution >= 4 is 50.0 Å². The van der Waals surface area contributed by atoms with E-state index in [-0.39, 0.29) is 11.8 Å². The molecule has 0 spiro atoms. The molecule has 0 N–H and O–H groups in total. The van der Waals surface area contributed by atoms with E-state index >= 15 is 0 Å². The fourth-order valence-electron chi connectivity index (χ4n) is 11.2. The van der Waals surface area contributed by atoms with E-state index in [2.05, 4.69) is 86.9 Å². The van der Waals surface area contributed by atoms with Crippen molar-refractivity contribution in [3.05, 3.63) is 106 Å². The van der Waals surface area contributed by atoms with Crippen LogP contribution in [-0.2, 0) is 27.4 Å². The Balaban J connectivity index is 1.03. The van der Waals surface area contributed by atoms with Crippen molar-refractivity contribution in [2.75, 3.05) is 0 Å². The molecule has 0 amide bonds. The molecule has 2 aromatic carbocycles. The number of allylic oxidation sites excluding steroid dienone is 6. The molecule has 6 aliphatic rings. The van der Waals surface area contributed by atoms with Gasteiger partial charge in [0.15, 0.2) is 0 Å². The Morgan fingerprint density at radius 1 is 0.519 bits per heavy atom. The van der Waals surface area contributed by atoms with Crippen molar-refractivity contribution in [1.82, 2.24) is 0 Å². The Labute approximate surface area is 344 Å². The van der Waals surface area contributed by atoms with Gasteiger partial charge in [0.1, 0.15) is 0 Å². The van der Waals surface area contributed by atoms with Gasteiger partial charge in [0.25, 0.3) is 0 Å². The van der Waals surface area contributed by atoms with Crippen LogP contribution in [0.15, 0.2) is 94.5 Å². The normalized spacial score (nSPS) is 24.9. The zero-order valence-corrected chi connectivity index (χ0v) is 40.6. The van der Waals surface area contributed by atoms with E-state index in [1.54, 1.807) is 22.3 Å². The van der Waals surface area contributed by atoms with Gasteiger partial charge in [0.05, 0.1) is 0 Å². The molecule has 2 aromatic rings. The molecule has 54 heavy (non-hydrogen) atoms. The minimum absolute atomic E-state index is 0.273. The van der Waals surface area contributed by atoms with Gasteiger partial charge in [-0.15, -0.1) is 0 Å². The van der Waals surface area contributed by atoms with Gasteiger partial charge < -0.3 is 0 Å². The standard InChI is InChI=1S/C46H63O2Si3.2ClH.Zr/c1-50(2,39-17-7-5-8-18-39)47-43-31-35-15-11-13-21-41(35)45(43)33-23-27-37(28-24-33)49-38-29-25-34(26-30-38)46-42-22-14-12-16-36(42)32-44(46)48-51(3,4)40-19-9-6-10-20-40;;;/h23-32,39-40,45-46,49H,5-22H2,1-4H3;2*1H;/q;;;+2/p-2. The Hall–Kier alpha value is -0.886. The molecule has 0 heterocycles. The van der Waals surface area contributed by atoms with Crippen molar-refractivity contribution in [1.29, 1.82) is 0 Å². The van der Waals surface area contributed by atoms with Crippen molar-refractivity contribution < 1.29 is 27.4 Å². The number of rotatable bonds is 11. The molecule has 0 saturated heterocycles. The summed E-state index contributed by atoms with van der Waals surface area (Å²) < 4.78 is 14.5. The summed E-state index contributed by atoms with van der Waals surface area (Å²) >= 11 is -2.64. The van der Waals surface area contributed by atoms with Gasteiger partial charge in [-0.05, 0) is 0 Å². The second-order valence-electron chi connectivity index (χ2n) is 18.6. The first kappa shape index (κ1) is 39.9. The molecule has 0 radical (unpaired) electrons. The first-order valence-corrected chi connectivity index (χ1v) is 40.0. The van der Waals surface area contributed by atoms with Crippen molar-refractivity contribution in [3.8, 4) is 0 Å². The van der Waals surface area contributed by atoms with Crippen LogP contribution in [0.4, 0.5) is 0 Å². The third-order valence-corrected chi connectivity index (χ3v) is 39.4. The third kappa shape index (κ3) is 8.47. The summed E-state index contributed by atoms with van der Waals surface area (Å²) in [5, 5.41) is 2.79. The molecule has 8 heteroatoms. The van der Waals surface area contributed by atoms with Gasteiger partial charge in [0.2, 0.25) is 0 Å². The Morgan fingerprint density at radius 2 is 0.889 bits per heavy atom. The van der Waals surface area contributed by atoms with E-state index < -0.39 is 41.1 Å². The summed E-state index contributed by atoms with van der Waals surface area (Å²) in [5.41, 5.74) is 10.7. The number of hydrogen-bond acceptors (Lipinski definition) is 2. The first-order valence-electron chi connectivity index (χ1n) is 21.7. The van der Waals surface area contributed by atoms with Crippen LogP contribution >= 0.6 is 17.0 Å². The summed E-state index contributed by atoms with van der Waals surface area (Å²) in [6.07, 6.45) is 28.6. The zero-order valence-electron chi connectivity index (χ0n) is 33.5. The van der Waals surface area contributed by atoms with Crippen molar-refractivity contribution in [2.45, 2.75) is 165 Å². The summed E-state index contributed by atoms with van der Waals surface area (Å²) in [7, 11) is 10.5. The Kier molecular flexibility index (Phi) is 12.7. The first-order chi connectivity index (χ1) is 26.1. The molecule has 6 aliphatic carbocycles. The average molecular weight is 894 g/mol. The molecule has 2 nitrogen and oxygen atoms in total. The second-order valence-corrected chi connectivity index (χ2v) is 48.7. The summed E-state index contributed by atoms with van der Waals surface area (Å²) in [6.45, 7) is 9.94. The third-order valence-electron chi connectivity index (χ3n) is 14.4. The van der Waals surface area contributed by atoms with Gasteiger partial charge >= 0.3 is 335 Å². The number of benzene rings is 2. The average Bonchev–Trinajstić information content (AvgIpc) is 3.73. The van der Waals surface area contributed by atoms with Gasteiger partial charge in [-0.1, -0.05) is 12.8 Å². The van der Waals surface area contributed by atoms with Crippen LogP contribution in [0.5, 0.6) is 0 Å². The van der Waals surface area contributed by atoms with Gasteiger partial charge in [0, 0.05) is 0 Å². The molecule has 2 atom stereocenters. The van der Waals surface area contributed by atoms with E-state index in [1.807, 2.05) is 0 Å². The predicted molar refractivity (Wildman–Crippen MR) is 234 cm³/mol. The molecule has 2 saturated carbocycles. The summed E-state index contributed by atoms with van der Waals surface area (Å²) in [4.78, 5) is 0. The van der Waals surface area contributed by atoms with E-state index in [9.17, 15) is 0 Å². The zero-order chi connectivity index (χ0) is 37.5. The van der Waals surface area contributed by atoms with E-state index in [1.165, 1.54) is 149 Å². The number of hydrogen-bond donors (Lipinski definition) is 0. The fourth-order valence-corrected chi connectivity index (χ4v) is 34.3. The SMILES string of the molecule is C[Si](C)(OC1=CC2=C(CCCC2)C1c1ccc([SiH](c2ccc(C3C(O[Si](C)(C)C4CCCCC4)=CC4=C3CCCC4)cc2)[Zr]([Cl])[Cl])cc1)C1CCCCC1. The van der Waals surface area contributed by atoms with Gasteiger partial charge in [-0.3, -0.25) is 0 Å².